The second-order valence-corrected chi connectivity index (χ2v) is 5.26. The summed E-state index contributed by atoms with van der Waals surface area (Å²) in [6, 6.07) is 7.57. The van der Waals surface area contributed by atoms with Gasteiger partial charge < -0.3 is 9.84 Å². The molecule has 2 heterocycles. The molecule has 21 heavy (non-hydrogen) atoms. The van der Waals surface area contributed by atoms with E-state index >= 15 is 0 Å². The third-order valence-electron chi connectivity index (χ3n) is 3.04. The number of thiazole rings is 1. The number of aryl methyl sites for hydroxylation is 1. The van der Waals surface area contributed by atoms with E-state index in [9.17, 15) is 5.11 Å². The lowest BCUT2D eigenvalue weighted by Crippen LogP contribution is -2.01. The van der Waals surface area contributed by atoms with Gasteiger partial charge in [-0.1, -0.05) is 17.3 Å². The Hall–Kier alpha value is -2.25. The molecule has 0 saturated carbocycles. The average molecular weight is 302 g/mol. The fourth-order valence-electron chi connectivity index (χ4n) is 2.10. The minimum Gasteiger partial charge on any atom is -0.496 e. The molecule has 0 fully saturated rings. The molecular formula is C14H14N4O2S. The highest BCUT2D eigenvalue weighted by Gasteiger charge is 2.20. The van der Waals surface area contributed by atoms with E-state index in [0.29, 0.717) is 22.3 Å². The molecule has 0 aliphatic carbocycles. The number of aromatic nitrogens is 4. The molecule has 1 N–H and O–H groups in total. The molecule has 108 valence electrons. The first kappa shape index (κ1) is 13.7. The van der Waals surface area contributed by atoms with Gasteiger partial charge in [0.15, 0.2) is 0 Å². The first-order valence-electron chi connectivity index (χ1n) is 6.36. The summed E-state index contributed by atoms with van der Waals surface area (Å²) < 4.78 is 7.04. The third kappa shape index (κ3) is 2.41. The molecule has 6 nitrogen and oxygen atoms in total. The molecule has 7 heteroatoms. The quantitative estimate of drug-likeness (QED) is 0.800. The van der Waals surface area contributed by atoms with Gasteiger partial charge in [0.25, 0.3) is 0 Å². The van der Waals surface area contributed by atoms with E-state index in [0.717, 1.165) is 11.3 Å². The topological polar surface area (TPSA) is 73.1 Å². The Kier molecular flexibility index (Phi) is 3.68. The summed E-state index contributed by atoms with van der Waals surface area (Å²) in [4.78, 5) is 4.43. The van der Waals surface area contributed by atoms with Gasteiger partial charge in [0.1, 0.15) is 17.1 Å². The first-order chi connectivity index (χ1) is 10.2. The maximum absolute atomic E-state index is 9.54. The Morgan fingerprint density at radius 1 is 1.33 bits per heavy atom. The lowest BCUT2D eigenvalue weighted by Gasteiger charge is -2.09. The molecule has 1 aromatic carbocycles. The Bertz CT molecular complexity index is 766. The van der Waals surface area contributed by atoms with Crippen LogP contribution in [0.5, 0.6) is 5.75 Å². The molecule has 0 atom stereocenters. The fraction of sp³-hybridized carbons (Fsp3) is 0.214. The number of ether oxygens (including phenoxy) is 1. The maximum atomic E-state index is 9.54. The predicted octanol–water partition coefficient (Wildman–Crippen LogP) is 2.20. The largest absolute Gasteiger partial charge is 0.496 e. The Labute approximate surface area is 125 Å². The molecule has 0 bridgehead atoms. The van der Waals surface area contributed by atoms with E-state index in [1.54, 1.807) is 11.8 Å². The smallest absolute Gasteiger partial charge is 0.212 e. The molecule has 0 spiro atoms. The summed E-state index contributed by atoms with van der Waals surface area (Å²) in [6.45, 7) is 1.73. The van der Waals surface area contributed by atoms with Crippen LogP contribution in [0, 0.1) is 6.92 Å². The number of hydrogen-bond acceptors (Lipinski definition) is 6. The van der Waals surface area contributed by atoms with Gasteiger partial charge >= 0.3 is 0 Å². The Morgan fingerprint density at radius 3 is 2.81 bits per heavy atom. The van der Waals surface area contributed by atoms with Crippen LogP contribution < -0.4 is 4.74 Å². The molecule has 0 amide bonds. The minimum atomic E-state index is -0.197. The number of hydrogen-bond donors (Lipinski definition) is 1. The van der Waals surface area contributed by atoms with Crippen molar-refractivity contribution < 1.29 is 9.84 Å². The summed E-state index contributed by atoms with van der Waals surface area (Å²) in [5.74, 6) is 0.698. The summed E-state index contributed by atoms with van der Waals surface area (Å²) >= 11 is 1.48. The molecule has 0 aliphatic rings. The Morgan fingerprint density at radius 2 is 2.14 bits per heavy atom. The van der Waals surface area contributed by atoms with Gasteiger partial charge in [-0.05, 0) is 19.1 Å². The molecule has 2 aromatic heterocycles. The van der Waals surface area contributed by atoms with Crippen LogP contribution in [0.4, 0.5) is 0 Å². The van der Waals surface area contributed by atoms with Gasteiger partial charge in [-0.25, -0.2) is 4.98 Å². The van der Waals surface area contributed by atoms with Crippen LogP contribution in [0.3, 0.4) is 0 Å². The lowest BCUT2D eigenvalue weighted by molar-refractivity contribution is 0.277. The standard InChI is InChI=1S/C14H14N4O2S/c1-9-8-21-14(15-9)18-13(11(7-19)16-17-18)10-5-3-4-6-12(10)20-2/h3-6,8,19H,7H2,1-2H3. The van der Waals surface area contributed by atoms with Gasteiger partial charge in [-0.2, -0.15) is 4.68 Å². The maximum Gasteiger partial charge on any atom is 0.212 e. The average Bonchev–Trinajstić information content (AvgIpc) is 3.12. The number of aliphatic hydroxyl groups excluding tert-OH is 1. The van der Waals surface area contributed by atoms with Crippen molar-refractivity contribution >= 4 is 11.3 Å². The van der Waals surface area contributed by atoms with Crippen molar-refractivity contribution in [2.24, 2.45) is 0 Å². The molecule has 0 saturated heterocycles. The van der Waals surface area contributed by atoms with E-state index in [1.807, 2.05) is 36.6 Å². The highest BCUT2D eigenvalue weighted by molar-refractivity contribution is 7.12. The third-order valence-corrected chi connectivity index (χ3v) is 3.97. The SMILES string of the molecule is COc1ccccc1-c1c(CO)nnn1-c1nc(C)cs1. The van der Waals surface area contributed by atoms with E-state index in [-0.39, 0.29) is 6.61 Å². The molecular weight excluding hydrogens is 288 g/mol. The number of aliphatic hydroxyl groups is 1. The van der Waals surface area contributed by atoms with Crippen LogP contribution in [0.2, 0.25) is 0 Å². The van der Waals surface area contributed by atoms with Gasteiger partial charge in [0.05, 0.1) is 19.4 Å². The van der Waals surface area contributed by atoms with Crippen molar-refractivity contribution in [3.05, 3.63) is 41.0 Å². The number of para-hydroxylation sites is 1. The van der Waals surface area contributed by atoms with Crippen molar-refractivity contribution in [2.45, 2.75) is 13.5 Å². The van der Waals surface area contributed by atoms with E-state index < -0.39 is 0 Å². The van der Waals surface area contributed by atoms with Crippen molar-refractivity contribution in [1.82, 2.24) is 20.0 Å². The van der Waals surface area contributed by atoms with Crippen molar-refractivity contribution in [2.75, 3.05) is 7.11 Å². The van der Waals surface area contributed by atoms with Gasteiger partial charge in [0.2, 0.25) is 5.13 Å². The first-order valence-corrected chi connectivity index (χ1v) is 7.24. The van der Waals surface area contributed by atoms with E-state index in [1.165, 1.54) is 11.3 Å². The fourth-order valence-corrected chi connectivity index (χ4v) is 2.86. The van der Waals surface area contributed by atoms with Crippen molar-refractivity contribution in [3.8, 4) is 22.1 Å². The summed E-state index contributed by atoms with van der Waals surface area (Å²) in [5, 5.41) is 20.4. The van der Waals surface area contributed by atoms with Crippen molar-refractivity contribution in [3.63, 3.8) is 0 Å². The van der Waals surface area contributed by atoms with Crippen LogP contribution in [-0.2, 0) is 6.61 Å². The molecule has 3 aromatic rings. The van der Waals surface area contributed by atoms with Crippen LogP contribution in [0.15, 0.2) is 29.6 Å². The van der Waals surface area contributed by atoms with Crippen LogP contribution in [-0.4, -0.2) is 32.2 Å². The van der Waals surface area contributed by atoms with E-state index in [2.05, 4.69) is 15.3 Å². The van der Waals surface area contributed by atoms with Crippen molar-refractivity contribution in [1.29, 1.82) is 0 Å². The zero-order valence-electron chi connectivity index (χ0n) is 11.6. The second-order valence-electron chi connectivity index (χ2n) is 4.43. The highest BCUT2D eigenvalue weighted by atomic mass is 32.1. The normalized spacial score (nSPS) is 10.8. The lowest BCUT2D eigenvalue weighted by atomic mass is 10.1. The summed E-state index contributed by atoms with van der Waals surface area (Å²) in [6.07, 6.45) is 0. The zero-order chi connectivity index (χ0) is 14.8. The highest BCUT2D eigenvalue weighted by Crippen LogP contribution is 2.33. The monoisotopic (exact) mass is 302 g/mol. The number of methoxy groups -OCH3 is 1. The van der Waals surface area contributed by atoms with Crippen LogP contribution >= 0.6 is 11.3 Å². The van der Waals surface area contributed by atoms with E-state index in [4.69, 9.17) is 4.74 Å². The molecule has 3 rings (SSSR count). The van der Waals surface area contributed by atoms with Gasteiger partial charge in [-0.15, -0.1) is 16.4 Å². The predicted molar refractivity (Wildman–Crippen MR) is 79.7 cm³/mol. The number of nitrogens with zero attached hydrogens (tertiary/aromatic N) is 4. The van der Waals surface area contributed by atoms with Crippen LogP contribution in [0.25, 0.3) is 16.4 Å². The number of benzene rings is 1. The Balaban J connectivity index is 2.23. The van der Waals surface area contributed by atoms with Crippen LogP contribution in [0.1, 0.15) is 11.4 Å². The summed E-state index contributed by atoms with van der Waals surface area (Å²) in [5.41, 5.74) is 2.93. The second kappa shape index (κ2) is 5.63. The zero-order valence-corrected chi connectivity index (χ0v) is 12.5. The minimum absolute atomic E-state index is 0.197. The molecule has 0 radical (unpaired) electrons. The van der Waals surface area contributed by atoms with Gasteiger partial charge in [-0.3, -0.25) is 0 Å². The molecule has 0 unspecified atom stereocenters. The number of rotatable bonds is 4. The summed E-state index contributed by atoms with van der Waals surface area (Å²) in [7, 11) is 1.61. The van der Waals surface area contributed by atoms with Gasteiger partial charge in [0, 0.05) is 10.9 Å². The molecule has 0 aliphatic heterocycles.